The Hall–Kier alpha value is -8.02. The van der Waals surface area contributed by atoms with Crippen molar-refractivity contribution in [2.75, 3.05) is 36.3 Å². The highest BCUT2D eigenvalue weighted by molar-refractivity contribution is 8.76. The van der Waals surface area contributed by atoms with E-state index in [2.05, 4.69) is 41.2 Å². The Kier molecular flexibility index (Phi) is 19.5. The number of carbonyl (C=O) groups is 8. The molecule has 1 fully saturated rings. The van der Waals surface area contributed by atoms with Crippen LogP contribution in [0.1, 0.15) is 119 Å². The number of alkyl carbamates (subject to hydrolysis) is 1. The quantitative estimate of drug-likeness (QED) is 0.0253. The minimum Gasteiger partial charge on any atom is -0.496 e. The number of aliphatic hydroxyl groups excluding tert-OH is 1. The van der Waals surface area contributed by atoms with Gasteiger partial charge in [0.2, 0.25) is 11.9 Å². The third-order valence-electron chi connectivity index (χ3n) is 13.9. The van der Waals surface area contributed by atoms with Crippen LogP contribution >= 0.6 is 21.6 Å². The number of aromatic nitrogens is 4. The maximum Gasteiger partial charge on any atom is 0.407 e. The number of rotatable bonds is 23. The molecule has 1 saturated heterocycles. The van der Waals surface area contributed by atoms with Gasteiger partial charge in [-0.25, -0.2) is 24.4 Å². The van der Waals surface area contributed by atoms with Gasteiger partial charge in [-0.3, -0.25) is 33.8 Å². The predicted molar refractivity (Wildman–Crippen MR) is 300 cm³/mol. The van der Waals surface area contributed by atoms with Crippen LogP contribution in [0.25, 0.3) is 11.2 Å². The minimum absolute atomic E-state index is 0.0161. The van der Waals surface area contributed by atoms with Crippen LogP contribution in [0.2, 0.25) is 0 Å². The Morgan fingerprint density at radius 1 is 0.964 bits per heavy atom. The molecule has 3 aromatic carbocycles. The van der Waals surface area contributed by atoms with Gasteiger partial charge in [0.1, 0.15) is 36.1 Å². The maximum atomic E-state index is 13.9. The van der Waals surface area contributed by atoms with Crippen molar-refractivity contribution in [2.45, 2.75) is 121 Å². The number of methoxy groups -OCH3 is 1. The molecule has 26 nitrogen and oxygen atoms in total. The molecular weight excluding hydrogens is 1120 g/mol. The number of nitrogens with one attached hydrogen (secondary N) is 5. The summed E-state index contributed by atoms with van der Waals surface area (Å²) in [6.45, 7) is 6.05. The molecule has 3 aliphatic rings. The van der Waals surface area contributed by atoms with E-state index in [1.807, 2.05) is 0 Å². The molecule has 83 heavy (non-hydrogen) atoms. The zero-order valence-electron chi connectivity index (χ0n) is 45.5. The number of nitrogens with two attached hydrogens (primary N) is 1. The summed E-state index contributed by atoms with van der Waals surface area (Å²) in [5, 5.41) is 43.3. The molecule has 0 spiro atoms. The minimum atomic E-state index is -1.90. The first-order chi connectivity index (χ1) is 39.5. The van der Waals surface area contributed by atoms with Gasteiger partial charge in [-0.05, 0) is 87.7 Å². The lowest BCUT2D eigenvalue weighted by Gasteiger charge is -2.42. The zero-order chi connectivity index (χ0) is 59.9. The monoisotopic (exact) mass is 1180 g/mol. The number of carbonyl (C=O) groups excluding carboxylic acids is 7. The van der Waals surface area contributed by atoms with Crippen LogP contribution < -0.4 is 37.3 Å². The standard InChI is InChI=1S/C55H61N9O17S2/c1-25(2)79-52(74)36(61-49(70)28-9-11-30(12-10-28)57-22-31-23-58-48-44(59-31)50(71)64-53(56)63-48)13-14-41(66)60-38(51(72)73)24-83-82-16-15-78-54(75)62-37-19-42(80-26(3)45(37)67)81-40-21-55(76,27(4)65)20-29-17-34-35(18-33(29)40)47(69)43-32(46(34)68)7-6-8-39(43)77-5/h6-12,17-18,23,25-26,36-38,40,42,45,57,67,76H,13-16,19-22,24H2,1-5H3,(H,60,66)(H,61,70)(H,62,75)(H,72,73)(H3,56,58,63,64,71)/t26-,36+,37+,38+,40-,42-,45+,55-/m0/s1. The lowest BCUT2D eigenvalue weighted by atomic mass is 9.73. The summed E-state index contributed by atoms with van der Waals surface area (Å²) in [6, 6.07) is 10.4. The fourth-order valence-corrected chi connectivity index (χ4v) is 11.6. The highest BCUT2D eigenvalue weighted by Crippen LogP contribution is 2.44. The summed E-state index contributed by atoms with van der Waals surface area (Å²) in [5.74, 6) is -4.71. The van der Waals surface area contributed by atoms with Crippen molar-refractivity contribution in [3.8, 4) is 5.75 Å². The highest BCUT2D eigenvalue weighted by Gasteiger charge is 2.46. The van der Waals surface area contributed by atoms with Gasteiger partial charge in [0.15, 0.2) is 34.8 Å². The van der Waals surface area contributed by atoms with Crippen molar-refractivity contribution in [3.05, 3.63) is 116 Å². The molecule has 1 aliphatic heterocycles. The Morgan fingerprint density at radius 2 is 1.71 bits per heavy atom. The van der Waals surface area contributed by atoms with Gasteiger partial charge in [-0.15, -0.1) is 0 Å². The van der Waals surface area contributed by atoms with Crippen LogP contribution in [0.4, 0.5) is 16.4 Å². The van der Waals surface area contributed by atoms with Crippen molar-refractivity contribution >= 4 is 91.6 Å². The second kappa shape index (κ2) is 26.5. The fourth-order valence-electron chi connectivity index (χ4n) is 9.60. The number of esters is 1. The summed E-state index contributed by atoms with van der Waals surface area (Å²) in [6.07, 6.45) is -5.34. The lowest BCUT2D eigenvalue weighted by Crippen LogP contribution is -2.55. The van der Waals surface area contributed by atoms with Gasteiger partial charge in [0, 0.05) is 65.1 Å². The van der Waals surface area contributed by atoms with Gasteiger partial charge in [0.05, 0.1) is 55.5 Å². The van der Waals surface area contributed by atoms with E-state index in [1.165, 1.54) is 50.6 Å². The molecule has 3 amide bonds. The summed E-state index contributed by atoms with van der Waals surface area (Å²) in [7, 11) is 3.63. The number of ether oxygens (including phenoxy) is 5. The Balaban J connectivity index is 0.783. The molecule has 0 bridgehead atoms. The molecule has 0 saturated carbocycles. The van der Waals surface area contributed by atoms with Crippen molar-refractivity contribution in [1.82, 2.24) is 35.9 Å². The molecule has 8 atom stereocenters. The van der Waals surface area contributed by atoms with Crippen LogP contribution in [0.5, 0.6) is 5.75 Å². The first-order valence-corrected chi connectivity index (χ1v) is 28.7. The number of ketones is 3. The number of fused-ring (bicyclic) bond motifs is 4. The van der Waals surface area contributed by atoms with E-state index in [1.54, 1.807) is 45.0 Å². The van der Waals surface area contributed by atoms with E-state index < -0.39 is 107 Å². The fraction of sp³-hybridized carbons (Fsp3) is 0.418. The third kappa shape index (κ3) is 14.6. The van der Waals surface area contributed by atoms with Crippen molar-refractivity contribution < 1.29 is 77.4 Å². The number of carboxylic acids is 1. The number of hydrogen-bond donors (Lipinski definition) is 9. The molecule has 8 rings (SSSR count). The smallest absolute Gasteiger partial charge is 0.407 e. The molecule has 0 unspecified atom stereocenters. The van der Waals surface area contributed by atoms with Gasteiger partial charge in [-0.1, -0.05) is 33.7 Å². The Bertz CT molecular complexity index is 3400. The highest BCUT2D eigenvalue weighted by atomic mass is 33.1. The maximum absolute atomic E-state index is 13.9. The van der Waals surface area contributed by atoms with Crippen LogP contribution in [0.15, 0.2) is 65.6 Å². The Labute approximate surface area is 481 Å². The number of amides is 3. The van der Waals surface area contributed by atoms with Gasteiger partial charge in [0.25, 0.3) is 11.5 Å². The molecule has 5 aromatic rings. The average Bonchev–Trinajstić information content (AvgIpc) is 2.66. The number of nitrogen functional groups attached to an aromatic ring is 1. The zero-order valence-corrected chi connectivity index (χ0v) is 47.2. The largest absolute Gasteiger partial charge is 0.496 e. The number of aliphatic carboxylic acids is 1. The number of aliphatic hydroxyl groups is 2. The van der Waals surface area contributed by atoms with Crippen LogP contribution in [0.3, 0.4) is 0 Å². The molecule has 28 heteroatoms. The molecule has 2 aromatic heterocycles. The summed E-state index contributed by atoms with van der Waals surface area (Å²) in [4.78, 5) is 132. The summed E-state index contributed by atoms with van der Waals surface area (Å²) >= 11 is 0. The molecule has 440 valence electrons. The topological polar surface area (TPSA) is 389 Å². The molecular formula is C55H61N9O17S2. The molecule has 10 N–H and O–H groups in total. The summed E-state index contributed by atoms with van der Waals surface area (Å²) < 4.78 is 28.5. The van der Waals surface area contributed by atoms with Crippen LogP contribution in [0, 0.1) is 0 Å². The lowest BCUT2D eigenvalue weighted by molar-refractivity contribution is -0.248. The third-order valence-corrected chi connectivity index (χ3v) is 16.3. The van der Waals surface area contributed by atoms with Crippen LogP contribution in [-0.4, -0.2) is 156 Å². The van der Waals surface area contributed by atoms with E-state index in [9.17, 15) is 58.5 Å². The number of H-pyrrole nitrogens is 1. The number of hydrogen-bond acceptors (Lipinski definition) is 23. The SMILES string of the molecule is COc1cccc2c1C(=O)c1cc3c(cc1C2=O)C[C@@](O)(C(C)=O)C[C@@H]3O[C@H]1C[C@@H](NC(=O)OCCSSC[C@@H](NC(=O)CC[C@@H](NC(=O)c2ccc(NCc3cnc4nc(N)[nH]c(=O)c4n3)cc2)C(=O)OC(C)C)C(=O)O)[C@H](O)[C@H](C)O1. The van der Waals surface area contributed by atoms with Crippen molar-refractivity contribution in [1.29, 1.82) is 0 Å². The predicted octanol–water partition coefficient (Wildman–Crippen LogP) is 3.09. The van der Waals surface area contributed by atoms with Gasteiger partial charge < -0.3 is 66.0 Å². The number of nitrogens with zero attached hydrogens (tertiary/aromatic N) is 3. The van der Waals surface area contributed by atoms with Gasteiger partial charge in [-0.2, -0.15) is 4.98 Å². The van der Waals surface area contributed by atoms with Crippen LogP contribution in [-0.2, 0) is 51.1 Å². The first kappa shape index (κ1) is 61.1. The Morgan fingerprint density at radius 3 is 2.42 bits per heavy atom. The van der Waals surface area contributed by atoms with E-state index in [0.717, 1.165) is 21.6 Å². The molecule has 3 heterocycles. The second-order valence-electron chi connectivity index (χ2n) is 20.1. The number of Topliss-reactive ketones (excluding diaryl/α,β-unsaturated/α-hetero) is 1. The van der Waals surface area contributed by atoms with E-state index in [-0.39, 0.29) is 107 Å². The van der Waals surface area contributed by atoms with Gasteiger partial charge >= 0.3 is 18.0 Å². The first-order valence-electron chi connectivity index (χ1n) is 26.2. The molecule has 2 aliphatic carbocycles. The number of carboxylic acid groups (broad SMARTS) is 1. The van der Waals surface area contributed by atoms with E-state index in [0.29, 0.717) is 22.5 Å². The molecule has 0 radical (unpaired) electrons. The summed E-state index contributed by atoms with van der Waals surface area (Å²) in [5.41, 5.74) is 5.76. The number of aromatic amines is 1. The van der Waals surface area contributed by atoms with E-state index in [4.69, 9.17) is 29.4 Å². The number of benzene rings is 3. The normalized spacial score (nSPS) is 20.7. The van der Waals surface area contributed by atoms with Crippen molar-refractivity contribution in [2.24, 2.45) is 0 Å². The van der Waals surface area contributed by atoms with Crippen molar-refractivity contribution in [3.63, 3.8) is 0 Å². The average molecular weight is 1180 g/mol. The van der Waals surface area contributed by atoms with E-state index >= 15 is 0 Å². The second-order valence-corrected chi connectivity index (χ2v) is 22.8. The number of anilines is 2.